The van der Waals surface area contributed by atoms with Crippen molar-refractivity contribution in [2.45, 2.75) is 31.4 Å². The van der Waals surface area contributed by atoms with Gasteiger partial charge in [-0.05, 0) is 31.4 Å². The van der Waals surface area contributed by atoms with Gasteiger partial charge in [-0.3, -0.25) is 10.1 Å². The number of benzene rings is 1. The molecular formula is C12H16N2O3. The lowest BCUT2D eigenvalue weighted by atomic mass is 10.0. The van der Waals surface area contributed by atoms with Crippen molar-refractivity contribution < 1.29 is 10.0 Å². The molecule has 1 saturated heterocycles. The van der Waals surface area contributed by atoms with Gasteiger partial charge in [0.05, 0.1) is 11.0 Å². The summed E-state index contributed by atoms with van der Waals surface area (Å²) < 4.78 is 0. The van der Waals surface area contributed by atoms with E-state index in [-0.39, 0.29) is 11.7 Å². The van der Waals surface area contributed by atoms with Crippen LogP contribution in [0.3, 0.4) is 0 Å². The SMILES string of the molecule is O=[N+]([O-])c1ccc(C[C@@H](O)[C@@H]2CCCN2)cc1. The van der Waals surface area contributed by atoms with Gasteiger partial charge in [0, 0.05) is 18.2 Å². The summed E-state index contributed by atoms with van der Waals surface area (Å²) >= 11 is 0. The fourth-order valence-electron chi connectivity index (χ4n) is 2.18. The standard InChI is InChI=1S/C12H16N2O3/c15-12(11-2-1-7-13-11)8-9-3-5-10(6-4-9)14(16)17/h3-6,11-13,15H,1-2,7-8H2/t11-,12+/m0/s1. The van der Waals surface area contributed by atoms with Gasteiger partial charge in [0.25, 0.3) is 5.69 Å². The summed E-state index contributed by atoms with van der Waals surface area (Å²) in [5.74, 6) is 0. The Morgan fingerprint density at radius 3 is 2.71 bits per heavy atom. The van der Waals surface area contributed by atoms with E-state index in [1.165, 1.54) is 12.1 Å². The molecule has 1 aromatic rings. The van der Waals surface area contributed by atoms with Crippen molar-refractivity contribution in [3.05, 3.63) is 39.9 Å². The second-order valence-corrected chi connectivity index (χ2v) is 4.40. The molecule has 0 saturated carbocycles. The Labute approximate surface area is 99.6 Å². The van der Waals surface area contributed by atoms with Crippen LogP contribution in [-0.4, -0.2) is 28.7 Å². The Morgan fingerprint density at radius 1 is 1.47 bits per heavy atom. The van der Waals surface area contributed by atoms with Gasteiger partial charge in [0.15, 0.2) is 0 Å². The summed E-state index contributed by atoms with van der Waals surface area (Å²) in [6.07, 6.45) is 2.21. The third kappa shape index (κ3) is 3.01. The van der Waals surface area contributed by atoms with Crippen LogP contribution in [0.5, 0.6) is 0 Å². The average molecular weight is 236 g/mol. The van der Waals surface area contributed by atoms with Gasteiger partial charge in [-0.15, -0.1) is 0 Å². The fraction of sp³-hybridized carbons (Fsp3) is 0.500. The third-order valence-corrected chi connectivity index (χ3v) is 3.15. The molecule has 1 aromatic carbocycles. The molecule has 0 bridgehead atoms. The van der Waals surface area contributed by atoms with E-state index in [9.17, 15) is 15.2 Å². The van der Waals surface area contributed by atoms with Crippen molar-refractivity contribution in [1.82, 2.24) is 5.32 Å². The van der Waals surface area contributed by atoms with Gasteiger partial charge in [0.1, 0.15) is 0 Å². The van der Waals surface area contributed by atoms with Crippen molar-refractivity contribution in [1.29, 1.82) is 0 Å². The van der Waals surface area contributed by atoms with Gasteiger partial charge < -0.3 is 10.4 Å². The zero-order valence-corrected chi connectivity index (χ0v) is 9.50. The lowest BCUT2D eigenvalue weighted by molar-refractivity contribution is -0.384. The van der Waals surface area contributed by atoms with E-state index in [0.29, 0.717) is 6.42 Å². The average Bonchev–Trinajstić information content (AvgIpc) is 2.83. The van der Waals surface area contributed by atoms with Crippen LogP contribution >= 0.6 is 0 Å². The minimum atomic E-state index is -0.418. The Kier molecular flexibility index (Phi) is 3.71. The van der Waals surface area contributed by atoms with Gasteiger partial charge >= 0.3 is 0 Å². The summed E-state index contributed by atoms with van der Waals surface area (Å²) in [7, 11) is 0. The minimum absolute atomic E-state index is 0.0854. The quantitative estimate of drug-likeness (QED) is 0.609. The molecule has 2 rings (SSSR count). The molecule has 5 nitrogen and oxygen atoms in total. The van der Waals surface area contributed by atoms with Crippen LogP contribution < -0.4 is 5.32 Å². The maximum Gasteiger partial charge on any atom is 0.269 e. The highest BCUT2D eigenvalue weighted by molar-refractivity contribution is 5.33. The molecule has 17 heavy (non-hydrogen) atoms. The van der Waals surface area contributed by atoms with Crippen LogP contribution in [0.1, 0.15) is 18.4 Å². The molecule has 0 unspecified atom stereocenters. The Morgan fingerprint density at radius 2 is 2.18 bits per heavy atom. The summed E-state index contributed by atoms with van der Waals surface area (Å²) in [4.78, 5) is 10.1. The molecule has 2 atom stereocenters. The van der Waals surface area contributed by atoms with Crippen molar-refractivity contribution in [3.63, 3.8) is 0 Å². The number of rotatable bonds is 4. The number of nitro groups is 1. The monoisotopic (exact) mass is 236 g/mol. The van der Waals surface area contributed by atoms with Gasteiger partial charge in [0.2, 0.25) is 0 Å². The first-order chi connectivity index (χ1) is 8.16. The normalized spacial score (nSPS) is 21.4. The number of aliphatic hydroxyl groups excluding tert-OH is 1. The van der Waals surface area contributed by atoms with E-state index in [1.54, 1.807) is 12.1 Å². The van der Waals surface area contributed by atoms with Crippen LogP contribution in [0.25, 0.3) is 0 Å². The number of hydrogen-bond acceptors (Lipinski definition) is 4. The molecule has 1 heterocycles. The summed E-state index contributed by atoms with van der Waals surface area (Å²) in [6, 6.07) is 6.52. The predicted octanol–water partition coefficient (Wildman–Crippen LogP) is 1.25. The van der Waals surface area contributed by atoms with Crippen LogP contribution in [0.2, 0.25) is 0 Å². The smallest absolute Gasteiger partial charge is 0.269 e. The summed E-state index contributed by atoms with van der Waals surface area (Å²) in [5, 5.41) is 23.7. The number of nitro benzene ring substituents is 1. The van der Waals surface area contributed by atoms with Crippen molar-refractivity contribution in [2.75, 3.05) is 6.54 Å². The molecule has 0 spiro atoms. The number of nitrogens with one attached hydrogen (secondary N) is 1. The van der Waals surface area contributed by atoms with Crippen LogP contribution in [0, 0.1) is 10.1 Å². The number of aliphatic hydroxyl groups is 1. The zero-order valence-electron chi connectivity index (χ0n) is 9.50. The first-order valence-corrected chi connectivity index (χ1v) is 5.81. The van der Waals surface area contributed by atoms with Crippen LogP contribution in [0.15, 0.2) is 24.3 Å². The minimum Gasteiger partial charge on any atom is -0.391 e. The molecule has 1 aliphatic heterocycles. The number of hydrogen-bond donors (Lipinski definition) is 2. The molecule has 92 valence electrons. The van der Waals surface area contributed by atoms with E-state index in [0.717, 1.165) is 24.9 Å². The largest absolute Gasteiger partial charge is 0.391 e. The molecule has 2 N–H and O–H groups in total. The summed E-state index contributed by atoms with van der Waals surface area (Å²) in [6.45, 7) is 0.960. The first-order valence-electron chi connectivity index (χ1n) is 5.81. The molecule has 0 amide bonds. The first kappa shape index (κ1) is 12.0. The maximum atomic E-state index is 10.5. The molecule has 0 aromatic heterocycles. The molecule has 0 radical (unpaired) electrons. The molecule has 1 fully saturated rings. The number of non-ortho nitro benzene ring substituents is 1. The summed E-state index contributed by atoms with van der Waals surface area (Å²) in [5.41, 5.74) is 1.01. The third-order valence-electron chi connectivity index (χ3n) is 3.15. The topological polar surface area (TPSA) is 75.4 Å². The van der Waals surface area contributed by atoms with E-state index >= 15 is 0 Å². The van der Waals surface area contributed by atoms with E-state index in [2.05, 4.69) is 5.32 Å². The van der Waals surface area contributed by atoms with Crippen molar-refractivity contribution in [3.8, 4) is 0 Å². The Hall–Kier alpha value is -1.46. The van der Waals surface area contributed by atoms with Gasteiger partial charge in [-0.2, -0.15) is 0 Å². The molecule has 1 aliphatic rings. The highest BCUT2D eigenvalue weighted by Crippen LogP contribution is 2.16. The van der Waals surface area contributed by atoms with Gasteiger partial charge in [-0.25, -0.2) is 0 Å². The van der Waals surface area contributed by atoms with E-state index < -0.39 is 11.0 Å². The Bertz CT molecular complexity index is 385. The fourth-order valence-corrected chi connectivity index (χ4v) is 2.18. The van der Waals surface area contributed by atoms with Crippen molar-refractivity contribution >= 4 is 5.69 Å². The highest BCUT2D eigenvalue weighted by atomic mass is 16.6. The molecule has 5 heteroatoms. The van der Waals surface area contributed by atoms with Crippen LogP contribution in [0.4, 0.5) is 5.69 Å². The van der Waals surface area contributed by atoms with E-state index in [4.69, 9.17) is 0 Å². The Balaban J connectivity index is 1.96. The predicted molar refractivity (Wildman–Crippen MR) is 63.8 cm³/mol. The highest BCUT2D eigenvalue weighted by Gasteiger charge is 2.22. The maximum absolute atomic E-state index is 10.5. The lowest BCUT2D eigenvalue weighted by Crippen LogP contribution is -2.36. The zero-order chi connectivity index (χ0) is 12.3. The van der Waals surface area contributed by atoms with E-state index in [1.807, 2.05) is 0 Å². The number of nitrogens with zero attached hydrogens (tertiary/aromatic N) is 1. The van der Waals surface area contributed by atoms with Crippen molar-refractivity contribution in [2.24, 2.45) is 0 Å². The molecule has 0 aliphatic carbocycles. The van der Waals surface area contributed by atoms with Crippen LogP contribution in [-0.2, 0) is 6.42 Å². The van der Waals surface area contributed by atoms with Gasteiger partial charge in [-0.1, -0.05) is 12.1 Å². The lowest BCUT2D eigenvalue weighted by Gasteiger charge is -2.18. The second kappa shape index (κ2) is 5.25. The second-order valence-electron chi connectivity index (χ2n) is 4.40. The molecular weight excluding hydrogens is 220 g/mol.